The molecule has 0 aliphatic rings. The molecule has 2 aromatic rings. The van der Waals surface area contributed by atoms with Crippen LogP contribution in [-0.2, 0) is 0 Å². The first-order valence-corrected chi connectivity index (χ1v) is 5.00. The standard InChI is InChI=1S/C12H10N2O3/c1-9-2-5-11(6-3-9)17-12-7-4-10(8-13-12)14(15)16/h2-8H,1H3. The summed E-state index contributed by atoms with van der Waals surface area (Å²) in [5.41, 5.74) is 1.08. The summed E-state index contributed by atoms with van der Waals surface area (Å²) in [7, 11) is 0. The third-order valence-corrected chi connectivity index (χ3v) is 2.17. The molecule has 5 heteroatoms. The Labute approximate surface area is 97.8 Å². The molecular formula is C12H10N2O3. The van der Waals surface area contributed by atoms with Gasteiger partial charge in [0.2, 0.25) is 5.88 Å². The van der Waals surface area contributed by atoms with Gasteiger partial charge in [0.05, 0.1) is 4.92 Å². The lowest BCUT2D eigenvalue weighted by Gasteiger charge is -2.04. The van der Waals surface area contributed by atoms with Crippen molar-refractivity contribution in [3.05, 3.63) is 58.3 Å². The first kappa shape index (κ1) is 11.1. The van der Waals surface area contributed by atoms with Crippen molar-refractivity contribution in [3.8, 4) is 11.6 Å². The van der Waals surface area contributed by atoms with Gasteiger partial charge in [0.1, 0.15) is 11.9 Å². The van der Waals surface area contributed by atoms with E-state index in [9.17, 15) is 10.1 Å². The summed E-state index contributed by atoms with van der Waals surface area (Å²) in [5.74, 6) is 0.983. The van der Waals surface area contributed by atoms with Gasteiger partial charge in [0.25, 0.3) is 5.69 Å². The van der Waals surface area contributed by atoms with Crippen LogP contribution in [0, 0.1) is 17.0 Å². The van der Waals surface area contributed by atoms with Gasteiger partial charge in [-0.3, -0.25) is 10.1 Å². The molecule has 0 bridgehead atoms. The second-order valence-electron chi connectivity index (χ2n) is 3.53. The van der Waals surface area contributed by atoms with Crippen LogP contribution in [0.1, 0.15) is 5.56 Å². The minimum Gasteiger partial charge on any atom is -0.439 e. The van der Waals surface area contributed by atoms with Gasteiger partial charge in [-0.2, -0.15) is 0 Å². The third-order valence-electron chi connectivity index (χ3n) is 2.17. The second kappa shape index (κ2) is 4.61. The first-order chi connectivity index (χ1) is 8.15. The number of benzene rings is 1. The van der Waals surface area contributed by atoms with Crippen molar-refractivity contribution in [2.24, 2.45) is 0 Å². The van der Waals surface area contributed by atoms with Gasteiger partial charge in [0.15, 0.2) is 0 Å². The number of nitro groups is 1. The SMILES string of the molecule is Cc1ccc(Oc2ccc([N+](=O)[O-])cn2)cc1. The quantitative estimate of drug-likeness (QED) is 0.600. The highest BCUT2D eigenvalue weighted by molar-refractivity contribution is 5.33. The van der Waals surface area contributed by atoms with Gasteiger partial charge >= 0.3 is 0 Å². The van der Waals surface area contributed by atoms with Gasteiger partial charge in [-0.1, -0.05) is 17.7 Å². The third kappa shape index (κ3) is 2.78. The van der Waals surface area contributed by atoms with Crippen molar-refractivity contribution >= 4 is 5.69 Å². The number of rotatable bonds is 3. The summed E-state index contributed by atoms with van der Waals surface area (Å²) < 4.78 is 5.43. The van der Waals surface area contributed by atoms with Crippen LogP contribution in [0.2, 0.25) is 0 Å². The maximum absolute atomic E-state index is 10.4. The van der Waals surface area contributed by atoms with E-state index in [0.29, 0.717) is 11.6 Å². The summed E-state index contributed by atoms with van der Waals surface area (Å²) in [5, 5.41) is 10.4. The van der Waals surface area contributed by atoms with Crippen molar-refractivity contribution in [1.29, 1.82) is 0 Å². The van der Waals surface area contributed by atoms with Crippen LogP contribution in [0.4, 0.5) is 5.69 Å². The topological polar surface area (TPSA) is 65.3 Å². The summed E-state index contributed by atoms with van der Waals surface area (Å²) in [6.45, 7) is 1.98. The molecule has 2 rings (SSSR count). The smallest absolute Gasteiger partial charge is 0.287 e. The molecule has 1 aromatic heterocycles. The number of hydrogen-bond acceptors (Lipinski definition) is 4. The minimum absolute atomic E-state index is 0.0544. The molecule has 0 spiro atoms. The van der Waals surface area contributed by atoms with Gasteiger partial charge in [0, 0.05) is 12.1 Å². The zero-order valence-electron chi connectivity index (χ0n) is 9.16. The van der Waals surface area contributed by atoms with E-state index in [1.54, 1.807) is 0 Å². The Bertz CT molecular complexity index is 520. The molecule has 0 aliphatic heterocycles. The first-order valence-electron chi connectivity index (χ1n) is 5.00. The van der Waals surface area contributed by atoms with Crippen LogP contribution in [0.3, 0.4) is 0 Å². The summed E-state index contributed by atoms with van der Waals surface area (Å²) >= 11 is 0. The van der Waals surface area contributed by atoms with Crippen molar-refractivity contribution in [2.75, 3.05) is 0 Å². The number of nitrogens with zero attached hydrogens (tertiary/aromatic N) is 2. The van der Waals surface area contributed by atoms with Crippen LogP contribution in [0.5, 0.6) is 11.6 Å². The van der Waals surface area contributed by atoms with E-state index >= 15 is 0 Å². The number of pyridine rings is 1. The van der Waals surface area contributed by atoms with E-state index in [1.807, 2.05) is 31.2 Å². The number of aryl methyl sites for hydroxylation is 1. The summed E-state index contributed by atoms with van der Waals surface area (Å²) in [6.07, 6.45) is 1.17. The van der Waals surface area contributed by atoms with E-state index < -0.39 is 4.92 Å². The van der Waals surface area contributed by atoms with Crippen molar-refractivity contribution < 1.29 is 9.66 Å². The molecule has 0 atom stereocenters. The van der Waals surface area contributed by atoms with Crippen LogP contribution in [0.25, 0.3) is 0 Å². The zero-order chi connectivity index (χ0) is 12.3. The van der Waals surface area contributed by atoms with Crippen LogP contribution in [-0.4, -0.2) is 9.91 Å². The Morgan fingerprint density at radius 2 is 1.88 bits per heavy atom. The molecule has 17 heavy (non-hydrogen) atoms. The molecule has 1 aromatic carbocycles. The Hall–Kier alpha value is -2.43. The second-order valence-corrected chi connectivity index (χ2v) is 3.53. The fourth-order valence-electron chi connectivity index (χ4n) is 1.27. The predicted octanol–water partition coefficient (Wildman–Crippen LogP) is 3.09. The fourth-order valence-corrected chi connectivity index (χ4v) is 1.27. The molecule has 0 saturated heterocycles. The lowest BCUT2D eigenvalue weighted by atomic mass is 10.2. The van der Waals surface area contributed by atoms with Crippen LogP contribution < -0.4 is 4.74 Å². The molecule has 1 heterocycles. The zero-order valence-corrected chi connectivity index (χ0v) is 9.16. The molecule has 0 N–H and O–H groups in total. The number of aromatic nitrogens is 1. The van der Waals surface area contributed by atoms with Gasteiger partial charge in [-0.25, -0.2) is 4.98 Å². The van der Waals surface area contributed by atoms with Gasteiger partial charge in [-0.15, -0.1) is 0 Å². The highest BCUT2D eigenvalue weighted by Gasteiger charge is 2.06. The highest BCUT2D eigenvalue weighted by atomic mass is 16.6. The molecule has 0 saturated carbocycles. The monoisotopic (exact) mass is 230 g/mol. The molecule has 0 fully saturated rings. The van der Waals surface area contributed by atoms with Crippen molar-refractivity contribution in [3.63, 3.8) is 0 Å². The van der Waals surface area contributed by atoms with Crippen LogP contribution >= 0.6 is 0 Å². The van der Waals surface area contributed by atoms with E-state index in [2.05, 4.69) is 4.98 Å². The summed E-state index contributed by atoms with van der Waals surface area (Å²) in [4.78, 5) is 13.8. The highest BCUT2D eigenvalue weighted by Crippen LogP contribution is 2.21. The molecular weight excluding hydrogens is 220 g/mol. The fraction of sp³-hybridized carbons (Fsp3) is 0.0833. The number of ether oxygens (including phenoxy) is 1. The molecule has 0 aliphatic carbocycles. The largest absolute Gasteiger partial charge is 0.439 e. The predicted molar refractivity (Wildman–Crippen MR) is 62.1 cm³/mol. The van der Waals surface area contributed by atoms with E-state index in [4.69, 9.17) is 4.74 Å². The van der Waals surface area contributed by atoms with Crippen LogP contribution in [0.15, 0.2) is 42.6 Å². The average molecular weight is 230 g/mol. The van der Waals surface area contributed by atoms with Gasteiger partial charge < -0.3 is 4.74 Å². The normalized spacial score (nSPS) is 9.94. The minimum atomic E-state index is -0.497. The lowest BCUT2D eigenvalue weighted by molar-refractivity contribution is -0.385. The number of hydrogen-bond donors (Lipinski definition) is 0. The Morgan fingerprint density at radius 1 is 1.18 bits per heavy atom. The van der Waals surface area contributed by atoms with E-state index in [-0.39, 0.29) is 5.69 Å². The molecule has 0 unspecified atom stereocenters. The average Bonchev–Trinajstić information content (AvgIpc) is 2.33. The molecule has 5 nitrogen and oxygen atoms in total. The lowest BCUT2D eigenvalue weighted by Crippen LogP contribution is -1.91. The van der Waals surface area contributed by atoms with Crippen molar-refractivity contribution in [2.45, 2.75) is 6.92 Å². The summed E-state index contributed by atoms with van der Waals surface area (Å²) in [6, 6.07) is 10.3. The van der Waals surface area contributed by atoms with E-state index in [0.717, 1.165) is 5.56 Å². The molecule has 86 valence electrons. The molecule has 0 amide bonds. The Kier molecular flexibility index (Phi) is 3.00. The Morgan fingerprint density at radius 3 is 2.41 bits per heavy atom. The van der Waals surface area contributed by atoms with Gasteiger partial charge in [-0.05, 0) is 19.1 Å². The maximum atomic E-state index is 10.4. The molecule has 0 radical (unpaired) electrons. The maximum Gasteiger partial charge on any atom is 0.287 e. The van der Waals surface area contributed by atoms with E-state index in [1.165, 1.54) is 18.3 Å². The Balaban J connectivity index is 2.13. The van der Waals surface area contributed by atoms with Crippen molar-refractivity contribution in [1.82, 2.24) is 4.98 Å².